The Labute approximate surface area is 178 Å². The summed E-state index contributed by atoms with van der Waals surface area (Å²) in [6.07, 6.45) is -13.3. The molecule has 2 aromatic rings. The number of carbonyl (C=O) groups is 1. The minimum atomic E-state index is -4.89. The summed E-state index contributed by atoms with van der Waals surface area (Å²) in [7, 11) is 0. The Morgan fingerprint density at radius 1 is 1.16 bits per heavy atom. The maximum Gasteiger partial charge on any atom is 0.419 e. The van der Waals surface area contributed by atoms with Gasteiger partial charge in [0, 0.05) is 16.9 Å². The van der Waals surface area contributed by atoms with E-state index in [1.165, 1.54) is 17.5 Å². The number of anilines is 1. The van der Waals surface area contributed by atoms with E-state index in [1.54, 1.807) is 0 Å². The van der Waals surface area contributed by atoms with E-state index < -0.39 is 54.7 Å². The van der Waals surface area contributed by atoms with Crippen LogP contribution in [0.5, 0.6) is 5.75 Å². The van der Waals surface area contributed by atoms with Crippen molar-refractivity contribution in [2.24, 2.45) is 5.73 Å². The number of nitrogens with one attached hydrogen (secondary N) is 1. The highest BCUT2D eigenvalue weighted by atomic mass is 32.1. The number of amides is 2. The van der Waals surface area contributed by atoms with Crippen LogP contribution >= 0.6 is 11.3 Å². The maximum absolute atomic E-state index is 13.5. The van der Waals surface area contributed by atoms with E-state index in [1.807, 2.05) is 0 Å². The zero-order chi connectivity index (χ0) is 23.3. The summed E-state index contributed by atoms with van der Waals surface area (Å²) >= 11 is 1.05. The average molecular weight is 466 g/mol. The Kier molecular flexibility index (Phi) is 8.22. The number of nitrogens with two attached hydrogens (primary N) is 1. The van der Waals surface area contributed by atoms with Crippen molar-refractivity contribution in [2.75, 3.05) is 11.9 Å². The third-order valence-corrected chi connectivity index (χ3v) is 5.12. The average Bonchev–Trinajstić information content (AvgIpc) is 3.14. The van der Waals surface area contributed by atoms with E-state index >= 15 is 0 Å². The van der Waals surface area contributed by atoms with Crippen molar-refractivity contribution in [1.29, 1.82) is 0 Å². The van der Waals surface area contributed by atoms with E-state index in [9.17, 15) is 38.4 Å². The summed E-state index contributed by atoms with van der Waals surface area (Å²) in [4.78, 5) is 11.3. The molecule has 0 spiro atoms. The molecule has 2 amide bonds. The molecule has 0 radical (unpaired) electrons. The summed E-state index contributed by atoms with van der Waals surface area (Å²) in [5.41, 5.74) is 4.17. The van der Waals surface area contributed by atoms with Crippen LogP contribution in [-0.2, 0) is 6.18 Å². The minimum Gasteiger partial charge on any atom is -0.462 e. The van der Waals surface area contributed by atoms with Crippen LogP contribution in [0.3, 0.4) is 0 Å². The smallest absolute Gasteiger partial charge is 0.419 e. The van der Waals surface area contributed by atoms with E-state index in [0.717, 1.165) is 23.5 Å². The Balaban J connectivity index is 2.28. The first-order valence-corrected chi connectivity index (χ1v) is 9.68. The summed E-state index contributed by atoms with van der Waals surface area (Å²) in [6.45, 7) is -0.527. The highest BCUT2D eigenvalue weighted by Gasteiger charge is 2.37. The summed E-state index contributed by atoms with van der Waals surface area (Å²) in [5, 5.41) is 51.6. The number of ether oxygens (including phenoxy) is 1. The number of benzene rings is 1. The van der Waals surface area contributed by atoms with Gasteiger partial charge in [0.15, 0.2) is 0 Å². The predicted molar refractivity (Wildman–Crippen MR) is 104 cm³/mol. The summed E-state index contributed by atoms with van der Waals surface area (Å²) in [6, 6.07) is 3.53. The van der Waals surface area contributed by atoms with Crippen molar-refractivity contribution in [2.45, 2.75) is 37.2 Å². The molecule has 0 aliphatic rings. The Hall–Kier alpha value is -2.42. The molecule has 0 bridgehead atoms. The van der Waals surface area contributed by atoms with Crippen LogP contribution in [0.25, 0.3) is 10.4 Å². The number of hydrogen-bond acceptors (Lipinski definition) is 8. The number of alkyl halides is 3. The number of hydrogen-bond donors (Lipinski definition) is 7. The Bertz CT molecular complexity index is 893. The normalized spacial score (nSPS) is 15.7. The van der Waals surface area contributed by atoms with Crippen molar-refractivity contribution in [1.82, 2.24) is 0 Å². The molecular formula is C18H21F3N2O7S. The predicted octanol–water partition coefficient (Wildman–Crippen LogP) is 1.09. The molecular weight excluding hydrogens is 445 g/mol. The first-order chi connectivity index (χ1) is 14.4. The highest BCUT2D eigenvalue weighted by Crippen LogP contribution is 2.40. The molecule has 0 aliphatic carbocycles. The monoisotopic (exact) mass is 466 g/mol. The third-order valence-electron chi connectivity index (χ3n) is 4.15. The van der Waals surface area contributed by atoms with Gasteiger partial charge in [-0.1, -0.05) is 0 Å². The van der Waals surface area contributed by atoms with Crippen molar-refractivity contribution >= 4 is 23.1 Å². The first kappa shape index (κ1) is 24.8. The van der Waals surface area contributed by atoms with E-state index in [-0.39, 0.29) is 12.0 Å². The number of primary amides is 1. The molecule has 0 saturated heterocycles. The van der Waals surface area contributed by atoms with Gasteiger partial charge < -0.3 is 41.3 Å². The van der Waals surface area contributed by atoms with Gasteiger partial charge in [-0.15, -0.1) is 11.3 Å². The van der Waals surface area contributed by atoms with Gasteiger partial charge >= 0.3 is 12.2 Å². The molecule has 1 aromatic carbocycles. The second-order valence-corrected chi connectivity index (χ2v) is 7.38. The van der Waals surface area contributed by atoms with Crippen molar-refractivity contribution < 1.29 is 48.2 Å². The van der Waals surface area contributed by atoms with Gasteiger partial charge in [0.25, 0.3) is 0 Å². The van der Waals surface area contributed by atoms with Crippen LogP contribution < -0.4 is 15.8 Å². The molecule has 4 unspecified atom stereocenters. The minimum absolute atomic E-state index is 0.135. The lowest BCUT2D eigenvalue weighted by atomic mass is 10.0. The van der Waals surface area contributed by atoms with Crippen LogP contribution in [0.2, 0.25) is 0 Å². The largest absolute Gasteiger partial charge is 0.462 e. The number of carbonyl (C=O) groups excluding carboxylic acids is 1. The van der Waals surface area contributed by atoms with Gasteiger partial charge in [-0.05, 0) is 36.2 Å². The molecule has 8 N–H and O–H groups in total. The van der Waals surface area contributed by atoms with Gasteiger partial charge in [0.2, 0.25) is 6.29 Å². The van der Waals surface area contributed by atoms with Crippen molar-refractivity contribution in [3.63, 3.8) is 0 Å². The number of aliphatic hydroxyl groups is 5. The zero-order valence-electron chi connectivity index (χ0n) is 15.8. The Morgan fingerprint density at radius 3 is 2.42 bits per heavy atom. The second-order valence-electron chi connectivity index (χ2n) is 6.47. The molecule has 9 nitrogen and oxygen atoms in total. The summed E-state index contributed by atoms with van der Waals surface area (Å²) < 4.78 is 45.5. The molecule has 0 saturated carbocycles. The van der Waals surface area contributed by atoms with Crippen LogP contribution in [0, 0.1) is 0 Å². The van der Waals surface area contributed by atoms with Gasteiger partial charge in [-0.2, -0.15) is 13.2 Å². The number of rotatable bonds is 9. The fourth-order valence-corrected chi connectivity index (χ4v) is 3.44. The maximum atomic E-state index is 13.5. The van der Waals surface area contributed by atoms with E-state index in [2.05, 4.69) is 5.32 Å². The van der Waals surface area contributed by atoms with Gasteiger partial charge in [0.05, 0.1) is 17.4 Å². The Morgan fingerprint density at radius 2 is 1.84 bits per heavy atom. The van der Waals surface area contributed by atoms with Crippen molar-refractivity contribution in [3.05, 3.63) is 35.2 Å². The first-order valence-electron chi connectivity index (χ1n) is 8.80. The molecule has 0 fully saturated rings. The number of halogens is 3. The molecule has 2 rings (SSSR count). The molecule has 172 valence electrons. The zero-order valence-corrected chi connectivity index (χ0v) is 16.6. The fraction of sp³-hybridized carbons (Fsp3) is 0.389. The van der Waals surface area contributed by atoms with Gasteiger partial charge in [-0.25, -0.2) is 4.79 Å². The molecule has 31 heavy (non-hydrogen) atoms. The lowest BCUT2D eigenvalue weighted by Crippen LogP contribution is -2.47. The van der Waals surface area contributed by atoms with E-state index in [0.29, 0.717) is 10.6 Å². The standard InChI is InChI=1S/C18H21F3N2O7S/c19-18(20,21)10-5-8(13-6-9(7-31-13)23-17(22)29)1-2-12(10)30-16(28)15(27)14(26)11(25)3-4-24/h1-2,5-7,11,14-16,24-28H,3-4H2,(H3,22,23,29). The molecule has 1 heterocycles. The van der Waals surface area contributed by atoms with Crippen LogP contribution in [0.1, 0.15) is 12.0 Å². The molecule has 4 atom stereocenters. The van der Waals surface area contributed by atoms with Gasteiger partial charge in [0.1, 0.15) is 18.0 Å². The van der Waals surface area contributed by atoms with Crippen molar-refractivity contribution in [3.8, 4) is 16.2 Å². The van der Waals surface area contributed by atoms with Crippen LogP contribution in [-0.4, -0.2) is 62.8 Å². The number of thiophene rings is 1. The molecule has 0 aliphatic heterocycles. The van der Waals surface area contributed by atoms with Crippen LogP contribution in [0.15, 0.2) is 29.6 Å². The quantitative estimate of drug-likeness (QED) is 0.272. The fourth-order valence-electron chi connectivity index (χ4n) is 2.60. The molecule has 13 heteroatoms. The van der Waals surface area contributed by atoms with Gasteiger partial charge in [-0.3, -0.25) is 0 Å². The lowest BCUT2D eigenvalue weighted by molar-refractivity contribution is -0.171. The highest BCUT2D eigenvalue weighted by molar-refractivity contribution is 7.14. The summed E-state index contributed by atoms with van der Waals surface area (Å²) in [5.74, 6) is -0.821. The van der Waals surface area contributed by atoms with E-state index in [4.69, 9.17) is 15.6 Å². The SMILES string of the molecule is NC(=O)Nc1csc(-c2ccc(OC(O)C(O)C(O)C(O)CCO)c(C(F)(F)F)c2)c1. The topological polar surface area (TPSA) is 166 Å². The lowest BCUT2D eigenvalue weighted by Gasteiger charge is -2.27. The molecule has 1 aromatic heterocycles. The number of aliphatic hydroxyl groups excluding tert-OH is 5. The second kappa shape index (κ2) is 10.3. The number of urea groups is 1. The van der Waals surface area contributed by atoms with Crippen LogP contribution in [0.4, 0.5) is 23.7 Å². The third kappa shape index (κ3) is 6.53.